The zero-order chi connectivity index (χ0) is 33.6. The van der Waals surface area contributed by atoms with Gasteiger partial charge in [0.25, 0.3) is 0 Å². The van der Waals surface area contributed by atoms with Crippen LogP contribution in [0.25, 0.3) is 0 Å². The van der Waals surface area contributed by atoms with Gasteiger partial charge >= 0.3 is 30.0 Å². The van der Waals surface area contributed by atoms with Gasteiger partial charge in [0, 0.05) is 20.8 Å². The van der Waals surface area contributed by atoms with Gasteiger partial charge in [-0.25, -0.2) is 9.59 Å². The van der Waals surface area contributed by atoms with E-state index in [1.807, 2.05) is 22.6 Å². The molecule has 3 rings (SSSR count). The summed E-state index contributed by atoms with van der Waals surface area (Å²) in [5.41, 5.74) is 1.39. The molecule has 0 bridgehead atoms. The Labute approximate surface area is 278 Å². The highest BCUT2D eigenvalue weighted by molar-refractivity contribution is 14.1. The Kier molecular flexibility index (Phi) is 14.2. The summed E-state index contributed by atoms with van der Waals surface area (Å²) in [6.45, 7) is 2.90. The Balaban J connectivity index is 1.74. The third-order valence-electron chi connectivity index (χ3n) is 6.38. The number of alkyl carbamates (subject to hydrolysis) is 1. The van der Waals surface area contributed by atoms with Crippen molar-refractivity contribution in [2.75, 3.05) is 6.61 Å². The van der Waals surface area contributed by atoms with Gasteiger partial charge in [-0.05, 0) is 11.1 Å². The van der Waals surface area contributed by atoms with Gasteiger partial charge in [-0.1, -0.05) is 83.3 Å². The summed E-state index contributed by atoms with van der Waals surface area (Å²) in [7, 11) is 0. The van der Waals surface area contributed by atoms with E-state index in [0.29, 0.717) is 11.1 Å². The quantitative estimate of drug-likeness (QED) is 0.132. The molecule has 2 aromatic rings. The summed E-state index contributed by atoms with van der Waals surface area (Å²) in [4.78, 5) is 74.3. The lowest BCUT2D eigenvalue weighted by atomic mass is 10.00. The van der Waals surface area contributed by atoms with Crippen molar-refractivity contribution < 1.29 is 57.2 Å². The lowest BCUT2D eigenvalue weighted by Crippen LogP contribution is -2.63. The van der Waals surface area contributed by atoms with Crippen LogP contribution in [0.2, 0.25) is 0 Å². The number of benzene rings is 2. The first kappa shape index (κ1) is 36.2. The molecule has 0 aromatic heterocycles. The number of hydrogen-bond donors (Lipinski definition) is 2. The second-order valence-electron chi connectivity index (χ2n) is 10.1. The maximum absolute atomic E-state index is 13.3. The summed E-state index contributed by atoms with van der Waals surface area (Å²) >= 11 is 1.87. The van der Waals surface area contributed by atoms with Gasteiger partial charge in [0.2, 0.25) is 5.91 Å². The normalized spacial score (nSPS) is 21.1. The Morgan fingerprint density at radius 2 is 1.30 bits per heavy atom. The number of carbonyl (C=O) groups excluding carboxylic acids is 6. The second-order valence-corrected chi connectivity index (χ2v) is 11.6. The van der Waals surface area contributed by atoms with E-state index < -0.39 is 76.8 Å². The first-order chi connectivity index (χ1) is 21.9. The molecule has 14 nitrogen and oxygen atoms in total. The zero-order valence-corrected chi connectivity index (χ0v) is 27.5. The number of hydrogen-bond acceptors (Lipinski definition) is 12. The minimum atomic E-state index is -1.46. The molecule has 0 radical (unpaired) electrons. The van der Waals surface area contributed by atoms with Crippen molar-refractivity contribution in [3.8, 4) is 0 Å². The number of ether oxygens (including phenoxy) is 6. The average molecular weight is 755 g/mol. The van der Waals surface area contributed by atoms with Crippen molar-refractivity contribution in [2.24, 2.45) is 0 Å². The van der Waals surface area contributed by atoms with Crippen LogP contribution in [-0.2, 0) is 65.6 Å². The molecule has 2 amide bonds. The Hall–Kier alpha value is -4.25. The molecule has 0 spiro atoms. The first-order valence-corrected chi connectivity index (χ1v) is 15.4. The topological polar surface area (TPSA) is 182 Å². The number of esters is 4. The number of nitrogens with one attached hydrogen (secondary N) is 2. The van der Waals surface area contributed by atoms with Gasteiger partial charge in [0.05, 0.1) is 10.3 Å². The van der Waals surface area contributed by atoms with E-state index in [4.69, 9.17) is 28.4 Å². The predicted molar refractivity (Wildman–Crippen MR) is 167 cm³/mol. The van der Waals surface area contributed by atoms with E-state index in [2.05, 4.69) is 10.6 Å². The number of rotatable bonds is 13. The standard InChI is InChI=1S/C31H35IN2O12/c1-18(35)41-17-24-27(44-19(2)36)28(45-20(3)37)26(32)29(46-24)34-25(38)14-23(30(39)42-15-21-10-6-4-7-11-21)33-31(40)43-16-22-12-8-5-9-13-22/h4-13,23-24,26-29H,14-17H2,1-3H3,(H,33,40)(H,34,38)/t23?,24-,26+,27-,28-,29-/m1/s1. The molecule has 0 saturated carbocycles. The van der Waals surface area contributed by atoms with Crippen LogP contribution >= 0.6 is 22.6 Å². The number of alkyl halides is 1. The van der Waals surface area contributed by atoms with Gasteiger partial charge in [-0.3, -0.25) is 19.2 Å². The van der Waals surface area contributed by atoms with Gasteiger partial charge in [-0.2, -0.15) is 0 Å². The van der Waals surface area contributed by atoms with E-state index >= 15 is 0 Å². The molecule has 0 aliphatic carbocycles. The minimum absolute atomic E-state index is 0.0815. The minimum Gasteiger partial charge on any atom is -0.463 e. The number of carbonyl (C=O) groups is 6. The molecule has 46 heavy (non-hydrogen) atoms. The van der Waals surface area contributed by atoms with E-state index in [0.717, 1.165) is 13.8 Å². The number of amides is 2. The fourth-order valence-electron chi connectivity index (χ4n) is 4.34. The smallest absolute Gasteiger partial charge is 0.408 e. The third-order valence-corrected chi connectivity index (χ3v) is 7.74. The van der Waals surface area contributed by atoms with Crippen LogP contribution in [0.3, 0.4) is 0 Å². The molecule has 1 aliphatic heterocycles. The molecule has 2 N–H and O–H groups in total. The number of halogens is 1. The molecule has 1 unspecified atom stereocenters. The maximum atomic E-state index is 13.3. The Bertz CT molecular complexity index is 1360. The summed E-state index contributed by atoms with van der Waals surface area (Å²) < 4.78 is 31.6. The van der Waals surface area contributed by atoms with Crippen LogP contribution < -0.4 is 10.6 Å². The van der Waals surface area contributed by atoms with E-state index in [1.165, 1.54) is 6.92 Å². The van der Waals surface area contributed by atoms with E-state index in [1.54, 1.807) is 60.7 Å². The molecular weight excluding hydrogens is 719 g/mol. The van der Waals surface area contributed by atoms with Crippen molar-refractivity contribution in [1.82, 2.24) is 10.6 Å². The van der Waals surface area contributed by atoms with Crippen molar-refractivity contribution in [2.45, 2.75) is 74.9 Å². The fraction of sp³-hybridized carbons (Fsp3) is 0.419. The van der Waals surface area contributed by atoms with Crippen LogP contribution in [0, 0.1) is 0 Å². The summed E-state index contributed by atoms with van der Waals surface area (Å²) in [5.74, 6) is -3.69. The summed E-state index contributed by atoms with van der Waals surface area (Å²) in [6.07, 6.45) is -6.13. The molecule has 1 fully saturated rings. The largest absolute Gasteiger partial charge is 0.463 e. The highest BCUT2D eigenvalue weighted by Gasteiger charge is 2.50. The molecule has 1 saturated heterocycles. The van der Waals surface area contributed by atoms with E-state index in [-0.39, 0.29) is 19.8 Å². The van der Waals surface area contributed by atoms with Crippen LogP contribution in [0.1, 0.15) is 38.3 Å². The molecule has 2 aromatic carbocycles. The molecule has 15 heteroatoms. The zero-order valence-electron chi connectivity index (χ0n) is 25.3. The van der Waals surface area contributed by atoms with Crippen molar-refractivity contribution in [3.63, 3.8) is 0 Å². The fourth-order valence-corrected chi connectivity index (χ4v) is 5.25. The molecule has 1 heterocycles. The highest BCUT2D eigenvalue weighted by atomic mass is 127. The van der Waals surface area contributed by atoms with Gasteiger partial charge < -0.3 is 39.1 Å². The third kappa shape index (κ3) is 11.9. The van der Waals surface area contributed by atoms with Crippen LogP contribution in [0.4, 0.5) is 4.79 Å². The van der Waals surface area contributed by atoms with Crippen molar-refractivity contribution in [3.05, 3.63) is 71.8 Å². The monoisotopic (exact) mass is 754 g/mol. The van der Waals surface area contributed by atoms with Crippen LogP contribution in [-0.4, -0.2) is 77.0 Å². The lowest BCUT2D eigenvalue weighted by molar-refractivity contribution is -0.214. The van der Waals surface area contributed by atoms with Crippen molar-refractivity contribution in [1.29, 1.82) is 0 Å². The summed E-state index contributed by atoms with van der Waals surface area (Å²) in [5, 5.41) is 5.00. The molecular formula is C31H35IN2O12. The van der Waals surface area contributed by atoms with E-state index in [9.17, 15) is 28.8 Å². The predicted octanol–water partition coefficient (Wildman–Crippen LogP) is 2.49. The van der Waals surface area contributed by atoms with Gasteiger partial charge in [0.1, 0.15) is 38.2 Å². The molecule has 1 aliphatic rings. The molecule has 248 valence electrons. The average Bonchev–Trinajstić information content (AvgIpc) is 3.01. The second kappa shape index (κ2) is 18.0. The maximum Gasteiger partial charge on any atom is 0.408 e. The highest BCUT2D eigenvalue weighted by Crippen LogP contribution is 2.31. The van der Waals surface area contributed by atoms with Crippen LogP contribution in [0.15, 0.2) is 60.7 Å². The lowest BCUT2D eigenvalue weighted by Gasteiger charge is -2.43. The first-order valence-electron chi connectivity index (χ1n) is 14.2. The molecule has 6 atom stereocenters. The van der Waals surface area contributed by atoms with Gasteiger partial charge in [0.15, 0.2) is 12.2 Å². The summed E-state index contributed by atoms with van der Waals surface area (Å²) in [6, 6.07) is 16.2. The Morgan fingerprint density at radius 3 is 1.85 bits per heavy atom. The SMILES string of the molecule is CC(=O)OC[C@H]1O[C@@H](NC(=O)CC(NC(=O)OCc2ccccc2)C(=O)OCc2ccccc2)[C@@H](I)[C@@H](OC(C)=O)[C@@H]1OC(C)=O. The Morgan fingerprint density at radius 1 is 0.761 bits per heavy atom. The van der Waals surface area contributed by atoms with Crippen molar-refractivity contribution >= 4 is 58.5 Å². The van der Waals surface area contributed by atoms with Crippen LogP contribution in [0.5, 0.6) is 0 Å². The van der Waals surface area contributed by atoms with Gasteiger partial charge in [-0.15, -0.1) is 0 Å².